The number of benzene rings is 2. The van der Waals surface area contributed by atoms with Crippen LogP contribution in [0.25, 0.3) is 0 Å². The van der Waals surface area contributed by atoms with Gasteiger partial charge in [-0.1, -0.05) is 54.1 Å². The summed E-state index contributed by atoms with van der Waals surface area (Å²) in [7, 11) is 0. The van der Waals surface area contributed by atoms with Crippen molar-refractivity contribution in [2.24, 2.45) is 0 Å². The molecule has 0 bridgehead atoms. The third-order valence-electron chi connectivity index (χ3n) is 3.39. The Morgan fingerprint density at radius 2 is 1.63 bits per heavy atom. The quantitative estimate of drug-likeness (QED) is 0.853. The molecule has 2 aromatic rings. The average molecular weight is 274 g/mol. The lowest BCUT2D eigenvalue weighted by Gasteiger charge is -2.16. The Hall–Kier alpha value is -1.31. The van der Waals surface area contributed by atoms with Gasteiger partial charge in [0.25, 0.3) is 0 Å². The molecule has 1 N–H and O–H groups in total. The molecule has 0 aliphatic rings. The van der Waals surface area contributed by atoms with Crippen LogP contribution < -0.4 is 5.32 Å². The molecule has 2 aromatic carbocycles. The maximum atomic E-state index is 6.15. The Kier molecular flexibility index (Phi) is 5.00. The minimum absolute atomic E-state index is 0.428. The molecule has 0 fully saturated rings. The summed E-state index contributed by atoms with van der Waals surface area (Å²) in [4.78, 5) is 0. The first-order valence-electron chi connectivity index (χ1n) is 6.68. The molecule has 0 saturated carbocycles. The number of halogens is 1. The van der Waals surface area contributed by atoms with Gasteiger partial charge in [0, 0.05) is 17.6 Å². The lowest BCUT2D eigenvalue weighted by molar-refractivity contribution is 0.544. The van der Waals surface area contributed by atoms with Gasteiger partial charge >= 0.3 is 0 Å². The van der Waals surface area contributed by atoms with Crippen molar-refractivity contribution in [3.05, 3.63) is 70.2 Å². The molecular weight excluding hydrogens is 254 g/mol. The zero-order chi connectivity index (χ0) is 13.7. The van der Waals surface area contributed by atoms with Crippen molar-refractivity contribution < 1.29 is 0 Å². The van der Waals surface area contributed by atoms with Gasteiger partial charge in [0.1, 0.15) is 0 Å². The molecule has 2 heteroatoms. The normalized spacial score (nSPS) is 12.4. The second-order valence-corrected chi connectivity index (χ2v) is 5.41. The van der Waals surface area contributed by atoms with Crippen LogP contribution >= 0.6 is 11.6 Å². The van der Waals surface area contributed by atoms with Crippen LogP contribution in [0.3, 0.4) is 0 Å². The highest BCUT2D eigenvalue weighted by Crippen LogP contribution is 2.15. The smallest absolute Gasteiger partial charge is 0.0450 e. The first-order valence-corrected chi connectivity index (χ1v) is 7.06. The summed E-state index contributed by atoms with van der Waals surface area (Å²) in [5.74, 6) is 0. The summed E-state index contributed by atoms with van der Waals surface area (Å²) in [5.41, 5.74) is 3.91. The topological polar surface area (TPSA) is 12.0 Å². The van der Waals surface area contributed by atoms with Crippen LogP contribution in [-0.4, -0.2) is 6.04 Å². The zero-order valence-electron chi connectivity index (χ0n) is 11.5. The van der Waals surface area contributed by atoms with Gasteiger partial charge in [-0.05, 0) is 43.0 Å². The molecule has 19 heavy (non-hydrogen) atoms. The molecule has 0 aromatic heterocycles. The summed E-state index contributed by atoms with van der Waals surface area (Å²) in [6.45, 7) is 5.19. The van der Waals surface area contributed by atoms with Crippen molar-refractivity contribution in [2.45, 2.75) is 32.9 Å². The van der Waals surface area contributed by atoms with E-state index in [2.05, 4.69) is 49.5 Å². The SMILES string of the molecule is Cc1ccccc1CC(C)NCc1ccccc1Cl. The van der Waals surface area contributed by atoms with Crippen LogP contribution in [0.4, 0.5) is 0 Å². The molecule has 0 spiro atoms. The fourth-order valence-corrected chi connectivity index (χ4v) is 2.37. The van der Waals surface area contributed by atoms with Crippen LogP contribution in [0.15, 0.2) is 48.5 Å². The van der Waals surface area contributed by atoms with Crippen molar-refractivity contribution in [3.8, 4) is 0 Å². The first-order chi connectivity index (χ1) is 9.16. The van der Waals surface area contributed by atoms with Crippen LogP contribution in [-0.2, 0) is 13.0 Å². The maximum Gasteiger partial charge on any atom is 0.0450 e. The third-order valence-corrected chi connectivity index (χ3v) is 3.75. The fourth-order valence-electron chi connectivity index (χ4n) is 2.17. The minimum Gasteiger partial charge on any atom is -0.310 e. The average Bonchev–Trinajstić information content (AvgIpc) is 2.40. The van der Waals surface area contributed by atoms with Crippen LogP contribution in [0.1, 0.15) is 23.6 Å². The summed E-state index contributed by atoms with van der Waals surface area (Å²) >= 11 is 6.15. The molecule has 0 heterocycles. The highest BCUT2D eigenvalue weighted by Gasteiger charge is 2.06. The molecule has 0 saturated heterocycles. The predicted molar refractivity (Wildman–Crippen MR) is 82.6 cm³/mol. The Balaban J connectivity index is 1.90. The molecule has 0 aliphatic carbocycles. The molecule has 1 unspecified atom stereocenters. The van der Waals surface area contributed by atoms with Crippen LogP contribution in [0.2, 0.25) is 5.02 Å². The standard InChI is InChI=1S/C17H20ClN/c1-13-7-3-4-8-15(13)11-14(2)19-12-16-9-5-6-10-17(16)18/h3-10,14,19H,11-12H2,1-2H3. The van der Waals surface area contributed by atoms with Gasteiger partial charge < -0.3 is 5.32 Å². The molecule has 1 atom stereocenters. The Morgan fingerprint density at radius 1 is 1.00 bits per heavy atom. The molecule has 0 amide bonds. The van der Waals surface area contributed by atoms with Crippen LogP contribution in [0, 0.1) is 6.92 Å². The van der Waals surface area contributed by atoms with E-state index in [1.54, 1.807) is 0 Å². The summed E-state index contributed by atoms with van der Waals surface area (Å²) in [6, 6.07) is 17.0. The van der Waals surface area contributed by atoms with Gasteiger partial charge in [0.05, 0.1) is 0 Å². The summed E-state index contributed by atoms with van der Waals surface area (Å²) in [6.07, 6.45) is 1.04. The van der Waals surface area contributed by atoms with Gasteiger partial charge in [-0.2, -0.15) is 0 Å². The molecule has 0 aliphatic heterocycles. The molecule has 1 nitrogen and oxygen atoms in total. The fraction of sp³-hybridized carbons (Fsp3) is 0.294. The number of aryl methyl sites for hydroxylation is 1. The van der Waals surface area contributed by atoms with Gasteiger partial charge in [-0.15, -0.1) is 0 Å². The van der Waals surface area contributed by atoms with Gasteiger partial charge in [0.15, 0.2) is 0 Å². The maximum absolute atomic E-state index is 6.15. The number of rotatable bonds is 5. The lowest BCUT2D eigenvalue weighted by Crippen LogP contribution is -2.27. The van der Waals surface area contributed by atoms with Crippen LogP contribution in [0.5, 0.6) is 0 Å². The third kappa shape index (κ3) is 4.09. The Bertz CT molecular complexity index is 536. The molecule has 100 valence electrons. The van der Waals surface area contributed by atoms with Gasteiger partial charge in [0.2, 0.25) is 0 Å². The Morgan fingerprint density at radius 3 is 2.32 bits per heavy atom. The van der Waals surface area contributed by atoms with E-state index in [9.17, 15) is 0 Å². The lowest BCUT2D eigenvalue weighted by atomic mass is 10.0. The zero-order valence-corrected chi connectivity index (χ0v) is 12.2. The van der Waals surface area contributed by atoms with E-state index in [1.807, 2.05) is 18.2 Å². The van der Waals surface area contributed by atoms with Crippen molar-refractivity contribution in [1.82, 2.24) is 5.32 Å². The van der Waals surface area contributed by atoms with Gasteiger partial charge in [-0.3, -0.25) is 0 Å². The monoisotopic (exact) mass is 273 g/mol. The second kappa shape index (κ2) is 6.74. The minimum atomic E-state index is 0.428. The van der Waals surface area contributed by atoms with E-state index in [0.29, 0.717) is 6.04 Å². The van der Waals surface area contributed by atoms with E-state index < -0.39 is 0 Å². The number of nitrogens with one attached hydrogen (secondary N) is 1. The largest absolute Gasteiger partial charge is 0.310 e. The number of hydrogen-bond acceptors (Lipinski definition) is 1. The van der Waals surface area contributed by atoms with E-state index in [1.165, 1.54) is 11.1 Å². The predicted octanol–water partition coefficient (Wildman–Crippen LogP) is 4.37. The molecular formula is C17H20ClN. The van der Waals surface area contributed by atoms with Crippen molar-refractivity contribution in [2.75, 3.05) is 0 Å². The molecule has 0 radical (unpaired) electrons. The molecule has 2 rings (SSSR count). The van der Waals surface area contributed by atoms with Gasteiger partial charge in [-0.25, -0.2) is 0 Å². The van der Waals surface area contributed by atoms with E-state index in [4.69, 9.17) is 11.6 Å². The highest BCUT2D eigenvalue weighted by molar-refractivity contribution is 6.31. The Labute approximate surface area is 120 Å². The second-order valence-electron chi connectivity index (χ2n) is 5.00. The first kappa shape index (κ1) is 14.1. The van der Waals surface area contributed by atoms with Crippen molar-refractivity contribution >= 4 is 11.6 Å². The summed E-state index contributed by atoms with van der Waals surface area (Å²) in [5, 5.41) is 4.36. The van der Waals surface area contributed by atoms with Crippen molar-refractivity contribution in [3.63, 3.8) is 0 Å². The van der Waals surface area contributed by atoms with E-state index in [0.717, 1.165) is 23.6 Å². The number of hydrogen-bond donors (Lipinski definition) is 1. The van der Waals surface area contributed by atoms with E-state index >= 15 is 0 Å². The summed E-state index contributed by atoms with van der Waals surface area (Å²) < 4.78 is 0. The van der Waals surface area contributed by atoms with Crippen molar-refractivity contribution in [1.29, 1.82) is 0 Å². The van der Waals surface area contributed by atoms with E-state index in [-0.39, 0.29) is 0 Å². The highest BCUT2D eigenvalue weighted by atomic mass is 35.5.